The van der Waals surface area contributed by atoms with Gasteiger partial charge in [0.2, 0.25) is 11.8 Å². The number of nitrogens with zero attached hydrogens (tertiary/aromatic N) is 1. The van der Waals surface area contributed by atoms with E-state index in [1.807, 2.05) is 0 Å². The van der Waals surface area contributed by atoms with Crippen LogP contribution in [0.15, 0.2) is 48.6 Å². The zero-order chi connectivity index (χ0) is 24.3. The van der Waals surface area contributed by atoms with E-state index in [2.05, 4.69) is 0 Å². The fraction of sp³-hybridized carbons (Fsp3) is 0.333. The lowest BCUT2D eigenvalue weighted by molar-refractivity contribution is -0.143. The van der Waals surface area contributed by atoms with Gasteiger partial charge < -0.3 is 0 Å². The van der Waals surface area contributed by atoms with E-state index in [4.69, 9.17) is 0 Å². The number of benzene rings is 2. The van der Waals surface area contributed by atoms with Crippen molar-refractivity contribution in [2.24, 2.45) is 11.8 Å². The topological polar surface area (TPSA) is 37.4 Å². The quantitative estimate of drug-likeness (QED) is 0.300. The Balaban J connectivity index is 1.83. The monoisotopic (exact) mass is 467 g/mol. The maximum Gasteiger partial charge on any atom is 0.416 e. The molecular formula is C24H19F6NO2. The van der Waals surface area contributed by atoms with Gasteiger partial charge in [0.1, 0.15) is 0 Å². The lowest BCUT2D eigenvalue weighted by Crippen LogP contribution is -2.33. The number of carbonyl (C=O) groups excluding carboxylic acids is 2. The highest BCUT2D eigenvalue weighted by Gasteiger charge is 2.53. The SMILES string of the molecule is Cc1cccc(C)c1N1C(=O)C2CC=CC(c3cc(C(F)(F)F)cc(C(F)(F)F)c3)C2C1=O. The summed E-state index contributed by atoms with van der Waals surface area (Å²) in [5.41, 5.74) is -1.47. The predicted octanol–water partition coefficient (Wildman–Crippen LogP) is 6.19. The van der Waals surface area contributed by atoms with E-state index in [0.717, 1.165) is 4.90 Å². The predicted molar refractivity (Wildman–Crippen MR) is 108 cm³/mol. The number of imide groups is 1. The highest BCUT2D eigenvalue weighted by Crippen LogP contribution is 2.47. The molecule has 0 N–H and O–H groups in total. The summed E-state index contributed by atoms with van der Waals surface area (Å²) in [4.78, 5) is 27.7. The molecule has 1 aliphatic heterocycles. The molecule has 2 amide bonds. The van der Waals surface area contributed by atoms with Crippen LogP contribution in [-0.4, -0.2) is 11.8 Å². The second-order valence-corrected chi connectivity index (χ2v) is 8.41. The Bertz CT molecular complexity index is 1110. The molecule has 1 fully saturated rings. The number of hydrogen-bond donors (Lipinski definition) is 0. The molecule has 33 heavy (non-hydrogen) atoms. The molecule has 2 aromatic rings. The average Bonchev–Trinajstić information content (AvgIpc) is 2.97. The van der Waals surface area contributed by atoms with Gasteiger partial charge in [0.25, 0.3) is 0 Å². The molecule has 174 valence electrons. The molecule has 1 aliphatic carbocycles. The number of hydrogen-bond acceptors (Lipinski definition) is 2. The van der Waals surface area contributed by atoms with E-state index >= 15 is 0 Å². The molecule has 1 heterocycles. The minimum atomic E-state index is -5.01. The fourth-order valence-electron chi connectivity index (χ4n) is 4.76. The average molecular weight is 467 g/mol. The van der Waals surface area contributed by atoms with Crippen molar-refractivity contribution in [3.05, 3.63) is 76.4 Å². The standard InChI is InChI=1S/C24H19F6NO2/c1-12-5-3-6-13(2)20(12)31-21(32)18-8-4-7-17(19(18)22(31)33)14-9-15(23(25,26)27)11-16(10-14)24(28,29)30/h3-7,9-11,17-19H,8H2,1-2H3. The molecule has 0 saturated carbocycles. The lowest BCUT2D eigenvalue weighted by atomic mass is 9.74. The molecule has 0 spiro atoms. The van der Waals surface area contributed by atoms with Gasteiger partial charge in [-0.3, -0.25) is 9.59 Å². The van der Waals surface area contributed by atoms with Crippen molar-refractivity contribution < 1.29 is 35.9 Å². The number of carbonyl (C=O) groups is 2. The minimum Gasteiger partial charge on any atom is -0.274 e. The van der Waals surface area contributed by atoms with Crippen molar-refractivity contribution >= 4 is 17.5 Å². The van der Waals surface area contributed by atoms with Crippen LogP contribution in [0.5, 0.6) is 0 Å². The van der Waals surface area contributed by atoms with Crippen LogP contribution >= 0.6 is 0 Å². The van der Waals surface area contributed by atoms with Crippen LogP contribution in [-0.2, 0) is 21.9 Å². The number of halogens is 6. The number of amides is 2. The molecule has 3 atom stereocenters. The van der Waals surface area contributed by atoms with Crippen molar-refractivity contribution in [1.82, 2.24) is 0 Å². The number of allylic oxidation sites excluding steroid dienone is 2. The van der Waals surface area contributed by atoms with Crippen molar-refractivity contribution in [2.45, 2.75) is 38.5 Å². The Hall–Kier alpha value is -3.10. The normalized spacial score (nSPS) is 23.3. The molecule has 0 aromatic heterocycles. The minimum absolute atomic E-state index is 0.0537. The van der Waals surface area contributed by atoms with E-state index in [0.29, 0.717) is 28.9 Å². The first-order chi connectivity index (χ1) is 15.3. The number of fused-ring (bicyclic) bond motifs is 1. The molecule has 0 bridgehead atoms. The number of para-hydroxylation sites is 1. The van der Waals surface area contributed by atoms with Gasteiger partial charge in [-0.15, -0.1) is 0 Å². The van der Waals surface area contributed by atoms with E-state index < -0.39 is 53.0 Å². The van der Waals surface area contributed by atoms with Crippen LogP contribution in [0.1, 0.15) is 40.2 Å². The second-order valence-electron chi connectivity index (χ2n) is 8.41. The van der Waals surface area contributed by atoms with Crippen molar-refractivity contribution in [1.29, 1.82) is 0 Å². The molecule has 1 saturated heterocycles. The first-order valence-corrected chi connectivity index (χ1v) is 10.2. The maximum absolute atomic E-state index is 13.4. The van der Waals surface area contributed by atoms with E-state index in [1.165, 1.54) is 6.08 Å². The summed E-state index contributed by atoms with van der Waals surface area (Å²) in [7, 11) is 0. The third-order valence-electron chi connectivity index (χ3n) is 6.25. The Morgan fingerprint density at radius 3 is 1.91 bits per heavy atom. The van der Waals surface area contributed by atoms with Gasteiger partial charge in [0, 0.05) is 5.92 Å². The Kier molecular flexibility index (Phi) is 5.41. The Morgan fingerprint density at radius 2 is 1.39 bits per heavy atom. The smallest absolute Gasteiger partial charge is 0.274 e. The summed E-state index contributed by atoms with van der Waals surface area (Å²) in [5.74, 6) is -4.18. The van der Waals surface area contributed by atoms with Gasteiger partial charge in [0.05, 0.1) is 28.7 Å². The third kappa shape index (κ3) is 3.94. The van der Waals surface area contributed by atoms with Gasteiger partial charge in [-0.2, -0.15) is 26.3 Å². The summed E-state index contributed by atoms with van der Waals surface area (Å²) < 4.78 is 80.2. The van der Waals surface area contributed by atoms with Crippen LogP contribution in [0.4, 0.5) is 32.0 Å². The van der Waals surface area contributed by atoms with Crippen molar-refractivity contribution in [3.8, 4) is 0 Å². The number of aryl methyl sites for hydroxylation is 2. The lowest BCUT2D eigenvalue weighted by Gasteiger charge is -2.28. The summed E-state index contributed by atoms with van der Waals surface area (Å²) in [5, 5.41) is 0. The summed E-state index contributed by atoms with van der Waals surface area (Å²) >= 11 is 0. The van der Waals surface area contributed by atoms with Gasteiger partial charge in [-0.1, -0.05) is 30.4 Å². The third-order valence-corrected chi connectivity index (χ3v) is 6.25. The maximum atomic E-state index is 13.4. The molecule has 9 heteroatoms. The Morgan fingerprint density at radius 1 is 0.848 bits per heavy atom. The summed E-state index contributed by atoms with van der Waals surface area (Å²) in [6, 6.07) is 6.53. The Labute approximate surface area is 185 Å². The van der Waals surface area contributed by atoms with Crippen molar-refractivity contribution in [3.63, 3.8) is 0 Å². The van der Waals surface area contributed by atoms with Gasteiger partial charge in [-0.05, 0) is 55.2 Å². The molecule has 3 nitrogen and oxygen atoms in total. The molecule has 2 aromatic carbocycles. The highest BCUT2D eigenvalue weighted by molar-refractivity contribution is 6.23. The number of alkyl halides is 6. The van der Waals surface area contributed by atoms with Gasteiger partial charge >= 0.3 is 12.4 Å². The molecular weight excluding hydrogens is 448 g/mol. The second kappa shape index (κ2) is 7.74. The molecule has 3 unspecified atom stereocenters. The van der Waals surface area contributed by atoms with E-state index in [1.54, 1.807) is 38.1 Å². The van der Waals surface area contributed by atoms with Crippen molar-refractivity contribution in [2.75, 3.05) is 4.90 Å². The summed E-state index contributed by atoms with van der Waals surface area (Å²) in [6.07, 6.45) is -6.87. The van der Waals surface area contributed by atoms with Gasteiger partial charge in [0.15, 0.2) is 0 Å². The van der Waals surface area contributed by atoms with Crippen LogP contribution in [0.3, 0.4) is 0 Å². The van der Waals surface area contributed by atoms with Gasteiger partial charge in [-0.25, -0.2) is 4.90 Å². The first kappa shape index (κ1) is 23.1. The highest BCUT2D eigenvalue weighted by atomic mass is 19.4. The first-order valence-electron chi connectivity index (χ1n) is 10.2. The van der Waals surface area contributed by atoms with Crippen LogP contribution in [0, 0.1) is 25.7 Å². The van der Waals surface area contributed by atoms with Crippen LogP contribution < -0.4 is 4.90 Å². The molecule has 2 aliphatic rings. The summed E-state index contributed by atoms with van der Waals surface area (Å²) in [6.45, 7) is 3.45. The number of anilines is 1. The largest absolute Gasteiger partial charge is 0.416 e. The van der Waals surface area contributed by atoms with Crippen LogP contribution in [0.25, 0.3) is 0 Å². The van der Waals surface area contributed by atoms with Crippen LogP contribution in [0.2, 0.25) is 0 Å². The zero-order valence-electron chi connectivity index (χ0n) is 17.6. The molecule has 0 radical (unpaired) electrons. The molecule has 4 rings (SSSR count). The van der Waals surface area contributed by atoms with E-state index in [9.17, 15) is 35.9 Å². The van der Waals surface area contributed by atoms with E-state index in [-0.39, 0.29) is 18.1 Å². The zero-order valence-corrected chi connectivity index (χ0v) is 17.6. The fourth-order valence-corrected chi connectivity index (χ4v) is 4.76. The number of rotatable bonds is 2.